The first-order valence-electron chi connectivity index (χ1n) is 6.71. The third kappa shape index (κ3) is 3.88. The number of carbonyl (C=O) groups is 2. The number of ketones is 1. The highest BCUT2D eigenvalue weighted by Gasteiger charge is 2.19. The second-order valence-corrected chi connectivity index (χ2v) is 4.90. The Morgan fingerprint density at radius 1 is 1.32 bits per heavy atom. The molecule has 0 radical (unpaired) electrons. The zero-order valence-electron chi connectivity index (χ0n) is 11.9. The first-order chi connectivity index (χ1) is 10.5. The van der Waals surface area contributed by atoms with Gasteiger partial charge in [-0.1, -0.05) is 19.1 Å². The maximum Gasteiger partial charge on any atom is 0.226 e. The molecule has 0 aliphatic rings. The average molecular weight is 302 g/mol. The minimum Gasteiger partial charge on any atom is -0.504 e. The molecule has 1 amide bonds. The van der Waals surface area contributed by atoms with Crippen LogP contribution in [0.2, 0.25) is 0 Å². The number of nitrogens with zero attached hydrogens (tertiary/aromatic N) is 1. The third-order valence-electron chi connectivity index (χ3n) is 3.09. The van der Waals surface area contributed by atoms with Crippen LogP contribution in [0.4, 0.5) is 10.2 Å². The number of anilines is 1. The fraction of sp³-hybridized carbons (Fsp3) is 0.188. The number of rotatable bonds is 5. The van der Waals surface area contributed by atoms with Crippen LogP contribution in [0.1, 0.15) is 23.7 Å². The quantitative estimate of drug-likeness (QED) is 0.832. The molecule has 22 heavy (non-hydrogen) atoms. The van der Waals surface area contributed by atoms with Gasteiger partial charge in [0.25, 0.3) is 0 Å². The molecule has 0 fully saturated rings. The van der Waals surface area contributed by atoms with Gasteiger partial charge in [0.1, 0.15) is 5.82 Å². The van der Waals surface area contributed by atoms with Crippen molar-refractivity contribution in [2.45, 2.75) is 13.3 Å². The van der Waals surface area contributed by atoms with Crippen LogP contribution in [0, 0.1) is 11.7 Å². The van der Waals surface area contributed by atoms with Gasteiger partial charge in [-0.05, 0) is 24.3 Å². The van der Waals surface area contributed by atoms with Gasteiger partial charge >= 0.3 is 0 Å². The van der Waals surface area contributed by atoms with E-state index < -0.39 is 17.6 Å². The Bertz CT molecular complexity index is 703. The number of nitrogens with one attached hydrogen (secondary N) is 1. The van der Waals surface area contributed by atoms with Gasteiger partial charge in [0.15, 0.2) is 17.4 Å². The Morgan fingerprint density at radius 2 is 2.09 bits per heavy atom. The number of amides is 1. The molecule has 1 atom stereocenters. The van der Waals surface area contributed by atoms with Crippen molar-refractivity contribution in [3.05, 3.63) is 54.0 Å². The van der Waals surface area contributed by atoms with Gasteiger partial charge < -0.3 is 10.4 Å². The van der Waals surface area contributed by atoms with Crippen LogP contribution < -0.4 is 5.32 Å². The van der Waals surface area contributed by atoms with E-state index >= 15 is 0 Å². The summed E-state index contributed by atoms with van der Waals surface area (Å²) in [5, 5.41) is 12.0. The van der Waals surface area contributed by atoms with Gasteiger partial charge in [0.2, 0.25) is 5.91 Å². The van der Waals surface area contributed by atoms with Gasteiger partial charge in [0, 0.05) is 24.1 Å². The standard InChI is InChI=1S/C16H15FN2O3/c1-10(15(22)11-4-2-5-12(17)9-11)8-14(21)19-16-13(20)6-3-7-18-16/h2-7,9-10,20H,8H2,1H3,(H,18,19,21). The maximum atomic E-state index is 13.1. The van der Waals surface area contributed by atoms with Crippen LogP contribution in [-0.2, 0) is 4.79 Å². The van der Waals surface area contributed by atoms with E-state index in [1.165, 1.54) is 36.5 Å². The fourth-order valence-corrected chi connectivity index (χ4v) is 1.97. The van der Waals surface area contributed by atoms with E-state index in [0.29, 0.717) is 0 Å². The zero-order chi connectivity index (χ0) is 16.1. The summed E-state index contributed by atoms with van der Waals surface area (Å²) in [7, 11) is 0. The molecule has 1 aromatic heterocycles. The number of pyridine rings is 1. The number of carbonyl (C=O) groups excluding carboxylic acids is 2. The molecule has 0 bridgehead atoms. The predicted octanol–water partition coefficient (Wildman–Crippen LogP) is 2.77. The monoisotopic (exact) mass is 302 g/mol. The molecule has 114 valence electrons. The van der Waals surface area contributed by atoms with Crippen LogP contribution in [0.15, 0.2) is 42.6 Å². The maximum absolute atomic E-state index is 13.1. The number of Topliss-reactive ketones (excluding diaryl/α,β-unsaturated/α-hetero) is 1. The molecule has 2 rings (SSSR count). The Labute approximate surface area is 126 Å². The average Bonchev–Trinajstić information content (AvgIpc) is 2.48. The SMILES string of the molecule is CC(CC(=O)Nc1ncccc1O)C(=O)c1cccc(F)c1. The van der Waals surface area contributed by atoms with Gasteiger partial charge in [-0.15, -0.1) is 0 Å². The number of aromatic nitrogens is 1. The second kappa shape index (κ2) is 6.80. The van der Waals surface area contributed by atoms with Crippen molar-refractivity contribution in [2.75, 3.05) is 5.32 Å². The zero-order valence-corrected chi connectivity index (χ0v) is 11.9. The summed E-state index contributed by atoms with van der Waals surface area (Å²) >= 11 is 0. The number of aromatic hydroxyl groups is 1. The smallest absolute Gasteiger partial charge is 0.226 e. The second-order valence-electron chi connectivity index (χ2n) is 4.90. The minimum absolute atomic E-state index is 0.0397. The first kappa shape index (κ1) is 15.6. The van der Waals surface area contributed by atoms with Crippen LogP contribution in [-0.4, -0.2) is 21.8 Å². The van der Waals surface area contributed by atoms with Crippen LogP contribution in [0.3, 0.4) is 0 Å². The Hall–Kier alpha value is -2.76. The molecule has 0 aliphatic heterocycles. The molecule has 6 heteroatoms. The van der Waals surface area contributed by atoms with E-state index in [1.54, 1.807) is 6.92 Å². The predicted molar refractivity (Wildman–Crippen MR) is 79.0 cm³/mol. The summed E-state index contributed by atoms with van der Waals surface area (Å²) in [6.07, 6.45) is 1.34. The normalized spacial score (nSPS) is 11.7. The van der Waals surface area contributed by atoms with E-state index in [0.717, 1.165) is 6.07 Å². The topological polar surface area (TPSA) is 79.3 Å². The lowest BCUT2D eigenvalue weighted by Crippen LogP contribution is -2.21. The van der Waals surface area contributed by atoms with E-state index in [4.69, 9.17) is 0 Å². The van der Waals surface area contributed by atoms with Gasteiger partial charge in [-0.25, -0.2) is 9.37 Å². The van der Waals surface area contributed by atoms with Crippen molar-refractivity contribution < 1.29 is 19.1 Å². The van der Waals surface area contributed by atoms with E-state index in [9.17, 15) is 19.1 Å². The molecule has 5 nitrogen and oxygen atoms in total. The third-order valence-corrected chi connectivity index (χ3v) is 3.09. The lowest BCUT2D eigenvalue weighted by Gasteiger charge is -2.11. The van der Waals surface area contributed by atoms with Gasteiger partial charge in [-0.3, -0.25) is 9.59 Å². The van der Waals surface area contributed by atoms with Crippen molar-refractivity contribution in [2.24, 2.45) is 5.92 Å². The highest BCUT2D eigenvalue weighted by molar-refractivity contribution is 6.01. The minimum atomic E-state index is -0.618. The highest BCUT2D eigenvalue weighted by atomic mass is 19.1. The lowest BCUT2D eigenvalue weighted by molar-refractivity contribution is -0.116. The van der Waals surface area contributed by atoms with Crippen molar-refractivity contribution in [1.29, 1.82) is 0 Å². The van der Waals surface area contributed by atoms with Crippen molar-refractivity contribution in [3.63, 3.8) is 0 Å². The Morgan fingerprint density at radius 3 is 2.77 bits per heavy atom. The Kier molecular flexibility index (Phi) is 4.83. The van der Waals surface area contributed by atoms with Crippen LogP contribution in [0.25, 0.3) is 0 Å². The number of hydrogen-bond acceptors (Lipinski definition) is 4. The highest BCUT2D eigenvalue weighted by Crippen LogP contribution is 2.20. The lowest BCUT2D eigenvalue weighted by atomic mass is 9.96. The molecule has 0 saturated carbocycles. The molecule has 1 unspecified atom stereocenters. The van der Waals surface area contributed by atoms with Crippen molar-refractivity contribution >= 4 is 17.5 Å². The van der Waals surface area contributed by atoms with E-state index in [2.05, 4.69) is 10.3 Å². The molecule has 0 saturated heterocycles. The largest absolute Gasteiger partial charge is 0.504 e. The number of benzene rings is 1. The number of halogens is 1. The molecule has 1 heterocycles. The van der Waals surface area contributed by atoms with E-state index in [-0.39, 0.29) is 29.3 Å². The summed E-state index contributed by atoms with van der Waals surface area (Å²) in [5.41, 5.74) is 0.223. The molecule has 1 aromatic carbocycles. The van der Waals surface area contributed by atoms with Crippen LogP contribution >= 0.6 is 0 Å². The Balaban J connectivity index is 1.99. The van der Waals surface area contributed by atoms with Crippen LogP contribution in [0.5, 0.6) is 5.75 Å². The molecular weight excluding hydrogens is 287 g/mol. The first-order valence-corrected chi connectivity index (χ1v) is 6.71. The fourth-order valence-electron chi connectivity index (χ4n) is 1.97. The van der Waals surface area contributed by atoms with Crippen molar-refractivity contribution in [3.8, 4) is 5.75 Å². The summed E-state index contributed by atoms with van der Waals surface area (Å²) in [6, 6.07) is 8.26. The summed E-state index contributed by atoms with van der Waals surface area (Å²) in [6.45, 7) is 1.59. The molecule has 2 aromatic rings. The molecular formula is C16H15FN2O3. The summed E-state index contributed by atoms with van der Waals surface area (Å²) < 4.78 is 13.1. The van der Waals surface area contributed by atoms with Gasteiger partial charge in [-0.2, -0.15) is 0 Å². The molecule has 0 spiro atoms. The summed E-state index contributed by atoms with van der Waals surface area (Å²) in [5.74, 6) is -2.00. The number of hydrogen-bond donors (Lipinski definition) is 2. The summed E-state index contributed by atoms with van der Waals surface area (Å²) in [4.78, 5) is 27.9. The molecule has 0 aliphatic carbocycles. The van der Waals surface area contributed by atoms with Gasteiger partial charge in [0.05, 0.1) is 0 Å². The van der Waals surface area contributed by atoms with Crippen molar-refractivity contribution in [1.82, 2.24) is 4.98 Å². The molecule has 2 N–H and O–H groups in total. The van der Waals surface area contributed by atoms with E-state index in [1.807, 2.05) is 0 Å².